The number of fused-ring (bicyclic) bond motifs is 1. The van der Waals surface area contributed by atoms with Crippen molar-refractivity contribution in [1.82, 2.24) is 15.5 Å². The summed E-state index contributed by atoms with van der Waals surface area (Å²) in [4.78, 5) is 12.8. The van der Waals surface area contributed by atoms with Crippen LogP contribution in [0.2, 0.25) is 0 Å². The third-order valence-corrected chi connectivity index (χ3v) is 5.39. The number of benzene rings is 1. The molecule has 1 aromatic heterocycles. The molecule has 4 rings (SSSR count). The Balaban J connectivity index is 1.48. The Morgan fingerprint density at radius 3 is 2.79 bits per heavy atom. The molecule has 24 heavy (non-hydrogen) atoms. The number of ether oxygens (including phenoxy) is 1. The third-order valence-electron chi connectivity index (χ3n) is 5.22. The van der Waals surface area contributed by atoms with E-state index in [9.17, 15) is 4.79 Å². The zero-order chi connectivity index (χ0) is 16.9. The molecule has 3 atom stereocenters. The van der Waals surface area contributed by atoms with Crippen LogP contribution in [-0.4, -0.2) is 34.9 Å². The Bertz CT molecular complexity index is 824. The summed E-state index contributed by atoms with van der Waals surface area (Å²) >= 11 is 4.87. The fourth-order valence-electron chi connectivity index (χ4n) is 3.96. The number of amides is 1. The Labute approximate surface area is 144 Å². The lowest BCUT2D eigenvalue weighted by Crippen LogP contribution is -2.66. The molecule has 1 aliphatic carbocycles. The number of aromatic nitrogens is 2. The van der Waals surface area contributed by atoms with Crippen molar-refractivity contribution in [3.63, 3.8) is 0 Å². The van der Waals surface area contributed by atoms with E-state index in [1.165, 1.54) is 0 Å². The first-order chi connectivity index (χ1) is 11.5. The molecule has 6 nitrogen and oxygen atoms in total. The summed E-state index contributed by atoms with van der Waals surface area (Å²) < 4.78 is 11.0. The van der Waals surface area contributed by atoms with Crippen LogP contribution in [0.3, 0.4) is 0 Å². The molecule has 2 aliphatic rings. The lowest BCUT2D eigenvalue weighted by Gasteiger charge is -2.54. The maximum atomic E-state index is 12.6. The molecule has 2 fully saturated rings. The molecular formula is C17H19N3O3S. The summed E-state index contributed by atoms with van der Waals surface area (Å²) in [6, 6.07) is 7.30. The van der Waals surface area contributed by atoms with Crippen molar-refractivity contribution in [2.45, 2.75) is 32.4 Å². The van der Waals surface area contributed by atoms with E-state index >= 15 is 0 Å². The van der Waals surface area contributed by atoms with Gasteiger partial charge in [-0.05, 0) is 42.9 Å². The van der Waals surface area contributed by atoms with E-state index in [-0.39, 0.29) is 28.3 Å². The second-order valence-corrected chi connectivity index (χ2v) is 7.38. The Kier molecular flexibility index (Phi) is 3.58. The maximum absolute atomic E-state index is 12.6. The average molecular weight is 345 g/mol. The molecule has 7 heteroatoms. The molecule has 1 saturated carbocycles. The number of aromatic amines is 1. The van der Waals surface area contributed by atoms with Crippen molar-refractivity contribution in [3.8, 4) is 11.5 Å². The number of carbonyl (C=O) groups excluding carboxylic acids is 1. The van der Waals surface area contributed by atoms with Crippen LogP contribution in [0, 0.1) is 16.2 Å². The van der Waals surface area contributed by atoms with Crippen molar-refractivity contribution in [3.05, 3.63) is 34.7 Å². The highest BCUT2D eigenvalue weighted by atomic mass is 32.1. The standard InChI is InChI=1S/C17H19N3O3S/c1-17(2)12(11-7-8-22-13(11)17)18-14(21)9-3-5-10(6-4-9)15-19-20-16(24)23-15/h3-6,11-13H,7-8H2,1-2H3,(H,18,21)(H,20,24). The molecule has 0 radical (unpaired) electrons. The molecule has 1 amide bonds. The van der Waals surface area contributed by atoms with Crippen molar-refractivity contribution < 1.29 is 13.9 Å². The number of carbonyl (C=O) groups is 1. The van der Waals surface area contributed by atoms with Crippen LogP contribution in [0.25, 0.3) is 11.5 Å². The highest BCUT2D eigenvalue weighted by Crippen LogP contribution is 2.52. The van der Waals surface area contributed by atoms with Gasteiger partial charge in [0.25, 0.3) is 10.7 Å². The van der Waals surface area contributed by atoms with Gasteiger partial charge in [0.05, 0.1) is 6.10 Å². The topological polar surface area (TPSA) is 80.2 Å². The van der Waals surface area contributed by atoms with Gasteiger partial charge in [-0.15, -0.1) is 5.10 Å². The minimum Gasteiger partial charge on any atom is -0.409 e. The van der Waals surface area contributed by atoms with Crippen LogP contribution in [0.15, 0.2) is 28.7 Å². The summed E-state index contributed by atoms with van der Waals surface area (Å²) in [5.41, 5.74) is 1.36. The van der Waals surface area contributed by atoms with Gasteiger partial charge in [-0.25, -0.2) is 5.10 Å². The van der Waals surface area contributed by atoms with Gasteiger partial charge in [-0.1, -0.05) is 13.8 Å². The zero-order valence-electron chi connectivity index (χ0n) is 13.5. The predicted octanol–water partition coefficient (Wildman–Crippen LogP) is 2.94. The smallest absolute Gasteiger partial charge is 0.284 e. The van der Waals surface area contributed by atoms with Crippen LogP contribution in [0.1, 0.15) is 30.6 Å². The predicted molar refractivity (Wildman–Crippen MR) is 90.0 cm³/mol. The van der Waals surface area contributed by atoms with E-state index in [0.717, 1.165) is 18.6 Å². The van der Waals surface area contributed by atoms with E-state index in [0.29, 0.717) is 17.4 Å². The van der Waals surface area contributed by atoms with Crippen molar-refractivity contribution in [1.29, 1.82) is 0 Å². The molecule has 1 aliphatic heterocycles. The summed E-state index contributed by atoms with van der Waals surface area (Å²) in [5.74, 6) is 0.780. The number of hydrogen-bond acceptors (Lipinski definition) is 5. The number of rotatable bonds is 3. The zero-order valence-corrected chi connectivity index (χ0v) is 14.4. The maximum Gasteiger partial charge on any atom is 0.284 e. The third kappa shape index (κ3) is 2.39. The minimum absolute atomic E-state index is 0.0233. The molecular weight excluding hydrogens is 326 g/mol. The molecule has 126 valence electrons. The summed E-state index contributed by atoms with van der Waals surface area (Å²) in [7, 11) is 0. The molecule has 3 unspecified atom stereocenters. The van der Waals surface area contributed by atoms with Gasteiger partial charge >= 0.3 is 0 Å². The first kappa shape index (κ1) is 15.5. The SMILES string of the molecule is CC1(C)C(NC(=O)c2ccc(-c3n[nH]c(=S)o3)cc2)C2CCOC21. The highest BCUT2D eigenvalue weighted by Gasteiger charge is 2.59. The molecule has 2 aromatic rings. The first-order valence-electron chi connectivity index (χ1n) is 8.05. The Hall–Kier alpha value is -1.99. The molecule has 2 N–H and O–H groups in total. The molecule has 2 heterocycles. The monoisotopic (exact) mass is 345 g/mol. The van der Waals surface area contributed by atoms with E-state index in [1.54, 1.807) is 24.3 Å². The number of H-pyrrole nitrogens is 1. The number of nitrogens with one attached hydrogen (secondary N) is 2. The van der Waals surface area contributed by atoms with Crippen LogP contribution in [-0.2, 0) is 4.74 Å². The fraction of sp³-hybridized carbons (Fsp3) is 0.471. The number of nitrogens with zero attached hydrogens (tertiary/aromatic N) is 1. The normalized spacial score (nSPS) is 27.3. The van der Waals surface area contributed by atoms with E-state index < -0.39 is 0 Å². The molecule has 1 saturated heterocycles. The van der Waals surface area contributed by atoms with Crippen LogP contribution >= 0.6 is 12.2 Å². The van der Waals surface area contributed by atoms with Gasteiger partial charge in [0, 0.05) is 35.1 Å². The number of hydrogen-bond donors (Lipinski definition) is 2. The van der Waals surface area contributed by atoms with Crippen LogP contribution in [0.5, 0.6) is 0 Å². The molecule has 1 aromatic carbocycles. The van der Waals surface area contributed by atoms with Crippen LogP contribution < -0.4 is 5.32 Å². The van der Waals surface area contributed by atoms with Gasteiger partial charge < -0.3 is 14.5 Å². The largest absolute Gasteiger partial charge is 0.409 e. The van der Waals surface area contributed by atoms with Gasteiger partial charge in [-0.2, -0.15) is 0 Å². The summed E-state index contributed by atoms with van der Waals surface area (Å²) in [6.45, 7) is 5.09. The quantitative estimate of drug-likeness (QED) is 0.836. The summed E-state index contributed by atoms with van der Waals surface area (Å²) in [6.07, 6.45) is 1.28. The average Bonchev–Trinajstić information content (AvgIpc) is 3.20. The summed E-state index contributed by atoms with van der Waals surface area (Å²) in [5, 5.41) is 9.74. The molecule has 0 bridgehead atoms. The second-order valence-electron chi connectivity index (χ2n) is 7.01. The lowest BCUT2D eigenvalue weighted by molar-refractivity contribution is -0.108. The lowest BCUT2D eigenvalue weighted by atomic mass is 9.57. The van der Waals surface area contributed by atoms with Gasteiger partial charge in [0.15, 0.2) is 0 Å². The van der Waals surface area contributed by atoms with Crippen molar-refractivity contribution in [2.24, 2.45) is 11.3 Å². The van der Waals surface area contributed by atoms with Gasteiger partial charge in [0.2, 0.25) is 5.89 Å². The van der Waals surface area contributed by atoms with Gasteiger partial charge in [-0.3, -0.25) is 4.79 Å². The van der Waals surface area contributed by atoms with E-state index in [2.05, 4.69) is 29.4 Å². The fourth-order valence-corrected chi connectivity index (χ4v) is 4.08. The second kappa shape index (κ2) is 5.53. The van der Waals surface area contributed by atoms with E-state index in [4.69, 9.17) is 21.4 Å². The highest BCUT2D eigenvalue weighted by molar-refractivity contribution is 7.71. The van der Waals surface area contributed by atoms with Crippen molar-refractivity contribution >= 4 is 18.1 Å². The Morgan fingerprint density at radius 1 is 1.38 bits per heavy atom. The Morgan fingerprint density at radius 2 is 2.12 bits per heavy atom. The van der Waals surface area contributed by atoms with Crippen LogP contribution in [0.4, 0.5) is 0 Å². The van der Waals surface area contributed by atoms with Gasteiger partial charge in [0.1, 0.15) is 0 Å². The van der Waals surface area contributed by atoms with Crippen molar-refractivity contribution in [2.75, 3.05) is 6.61 Å². The first-order valence-corrected chi connectivity index (χ1v) is 8.46. The minimum atomic E-state index is -0.0621. The van der Waals surface area contributed by atoms with E-state index in [1.807, 2.05) is 0 Å². The molecule has 0 spiro atoms.